The lowest BCUT2D eigenvalue weighted by Gasteiger charge is -2.17. The van der Waals surface area contributed by atoms with Crippen LogP contribution < -0.4 is 5.32 Å². The molecule has 0 heterocycles. The summed E-state index contributed by atoms with van der Waals surface area (Å²) in [6.07, 6.45) is -4.84. The smallest absolute Gasteiger partial charge is 0.416 e. The number of halogens is 4. The van der Waals surface area contributed by atoms with Gasteiger partial charge in [0.1, 0.15) is 6.10 Å². The van der Waals surface area contributed by atoms with Crippen molar-refractivity contribution in [3.63, 3.8) is 0 Å². The number of nitrogens with one attached hydrogen (secondary N) is 1. The second-order valence-electron chi connectivity index (χ2n) is 5.01. The lowest BCUT2D eigenvalue weighted by Crippen LogP contribution is -2.27. The van der Waals surface area contributed by atoms with Gasteiger partial charge in [-0.1, -0.05) is 46.9 Å². The normalized spacial score (nSPS) is 12.5. The summed E-state index contributed by atoms with van der Waals surface area (Å²) in [4.78, 5) is 12.0. The third-order valence-electron chi connectivity index (χ3n) is 3.18. The molecule has 0 aliphatic rings. The van der Waals surface area contributed by atoms with Crippen molar-refractivity contribution in [2.45, 2.75) is 12.3 Å². The first kappa shape index (κ1) is 18.6. The Morgan fingerprint density at radius 3 is 2.46 bits per heavy atom. The van der Waals surface area contributed by atoms with Crippen molar-refractivity contribution in [1.82, 2.24) is 0 Å². The Bertz CT molecular complexity index is 677. The zero-order valence-corrected chi connectivity index (χ0v) is 14.7. The second-order valence-corrected chi connectivity index (χ2v) is 5.89. The van der Waals surface area contributed by atoms with Crippen LogP contribution >= 0.6 is 22.6 Å². The first-order valence-electron chi connectivity index (χ1n) is 7.13. The molecular formula is C17H15F3INO2. The highest BCUT2D eigenvalue weighted by Gasteiger charge is 2.30. The van der Waals surface area contributed by atoms with Gasteiger partial charge in [0.15, 0.2) is 0 Å². The summed E-state index contributed by atoms with van der Waals surface area (Å²) in [5, 5.41) is 2.88. The van der Waals surface area contributed by atoms with E-state index in [1.807, 2.05) is 0 Å². The maximum Gasteiger partial charge on any atom is 0.416 e. The van der Waals surface area contributed by atoms with E-state index >= 15 is 0 Å². The largest absolute Gasteiger partial charge is 0.456 e. The highest BCUT2D eigenvalue weighted by atomic mass is 127. The maximum atomic E-state index is 12.7. The number of rotatable bonds is 6. The summed E-state index contributed by atoms with van der Waals surface area (Å²) in [6.45, 7) is 0.225. The highest BCUT2D eigenvalue weighted by Crippen LogP contribution is 2.30. The topological polar surface area (TPSA) is 38.3 Å². The van der Waals surface area contributed by atoms with Gasteiger partial charge < -0.3 is 10.1 Å². The highest BCUT2D eigenvalue weighted by molar-refractivity contribution is 14.1. The van der Waals surface area contributed by atoms with Crippen LogP contribution in [0, 0.1) is 0 Å². The fourth-order valence-electron chi connectivity index (χ4n) is 1.96. The van der Waals surface area contributed by atoms with E-state index in [9.17, 15) is 18.0 Å². The molecule has 3 nitrogen and oxygen atoms in total. The van der Waals surface area contributed by atoms with Crippen molar-refractivity contribution < 1.29 is 22.7 Å². The number of carbonyl (C=O) groups excluding carboxylic acids is 1. The zero-order valence-electron chi connectivity index (χ0n) is 12.5. The molecule has 2 aromatic rings. The van der Waals surface area contributed by atoms with Gasteiger partial charge in [-0.3, -0.25) is 0 Å². The standard InChI is InChI=1S/C17H15F3INO2/c18-17(19,20)13-7-4-8-14(9-13)22-11-15(10-21)24-16(23)12-5-2-1-3-6-12/h1-9,15,22H,10-11H2. The second kappa shape index (κ2) is 8.36. The van der Waals surface area contributed by atoms with Crippen molar-refractivity contribution in [1.29, 1.82) is 0 Å². The van der Waals surface area contributed by atoms with Crippen LogP contribution in [0.2, 0.25) is 0 Å². The molecule has 0 bridgehead atoms. The molecule has 7 heteroatoms. The molecule has 0 amide bonds. The molecule has 0 radical (unpaired) electrons. The van der Waals surface area contributed by atoms with Crippen LogP contribution in [0.5, 0.6) is 0 Å². The number of anilines is 1. The first-order valence-corrected chi connectivity index (χ1v) is 8.66. The van der Waals surface area contributed by atoms with Gasteiger partial charge in [0.25, 0.3) is 0 Å². The van der Waals surface area contributed by atoms with E-state index in [-0.39, 0.29) is 6.54 Å². The molecule has 2 aromatic carbocycles. The Morgan fingerprint density at radius 2 is 1.83 bits per heavy atom. The van der Waals surface area contributed by atoms with Crippen LogP contribution in [0.25, 0.3) is 0 Å². The van der Waals surface area contributed by atoms with Crippen molar-refractivity contribution in [2.24, 2.45) is 0 Å². The zero-order chi connectivity index (χ0) is 17.6. The van der Waals surface area contributed by atoms with Gasteiger partial charge in [0.2, 0.25) is 0 Å². The first-order chi connectivity index (χ1) is 11.4. The summed E-state index contributed by atoms with van der Waals surface area (Å²) < 4.78 is 44.0. The van der Waals surface area contributed by atoms with E-state index < -0.39 is 23.8 Å². The molecule has 2 rings (SSSR count). The van der Waals surface area contributed by atoms with Gasteiger partial charge in [-0.2, -0.15) is 13.2 Å². The Balaban J connectivity index is 1.95. The number of carbonyl (C=O) groups is 1. The van der Waals surface area contributed by atoms with Crippen LogP contribution in [0.15, 0.2) is 54.6 Å². The van der Waals surface area contributed by atoms with Gasteiger partial charge in [-0.15, -0.1) is 0 Å². The number of hydrogen-bond donors (Lipinski definition) is 1. The minimum absolute atomic E-state index is 0.225. The predicted molar refractivity (Wildman–Crippen MR) is 94.5 cm³/mol. The summed E-state index contributed by atoms with van der Waals surface area (Å²) in [6, 6.07) is 13.5. The summed E-state index contributed by atoms with van der Waals surface area (Å²) in [7, 11) is 0. The Hall–Kier alpha value is -1.77. The number of ether oxygens (including phenoxy) is 1. The third-order valence-corrected chi connectivity index (χ3v) is 4.16. The summed E-state index contributed by atoms with van der Waals surface area (Å²) in [5.74, 6) is -0.455. The lowest BCUT2D eigenvalue weighted by molar-refractivity contribution is -0.137. The lowest BCUT2D eigenvalue weighted by atomic mass is 10.2. The molecule has 1 atom stereocenters. The van der Waals surface area contributed by atoms with Gasteiger partial charge in [0.05, 0.1) is 17.7 Å². The Labute approximate surface area is 151 Å². The molecule has 0 saturated carbocycles. The Morgan fingerprint density at radius 1 is 1.12 bits per heavy atom. The molecule has 1 N–H and O–H groups in total. The summed E-state index contributed by atoms with van der Waals surface area (Å²) >= 11 is 2.07. The van der Waals surface area contributed by atoms with E-state index in [0.29, 0.717) is 15.7 Å². The minimum atomic E-state index is -4.39. The molecule has 1 unspecified atom stereocenters. The predicted octanol–water partition coefficient (Wildman–Crippen LogP) is 4.78. The monoisotopic (exact) mass is 449 g/mol. The van der Waals surface area contributed by atoms with E-state index in [2.05, 4.69) is 27.9 Å². The van der Waals surface area contributed by atoms with Gasteiger partial charge in [0, 0.05) is 10.1 Å². The fourth-order valence-corrected chi connectivity index (χ4v) is 2.45. The minimum Gasteiger partial charge on any atom is -0.456 e. The number of benzene rings is 2. The van der Waals surface area contributed by atoms with Crippen LogP contribution in [-0.4, -0.2) is 23.0 Å². The van der Waals surface area contributed by atoms with Crippen molar-refractivity contribution >= 4 is 34.2 Å². The molecule has 0 aromatic heterocycles. The molecule has 0 aliphatic carbocycles. The average molecular weight is 449 g/mol. The van der Waals surface area contributed by atoms with Crippen molar-refractivity contribution in [3.05, 3.63) is 65.7 Å². The molecule has 0 saturated heterocycles. The quantitative estimate of drug-likeness (QED) is 0.392. The number of hydrogen-bond acceptors (Lipinski definition) is 3. The third kappa shape index (κ3) is 5.40. The molecule has 0 aliphatic heterocycles. The molecular weight excluding hydrogens is 434 g/mol. The van der Waals surface area contributed by atoms with Crippen LogP contribution in [0.4, 0.5) is 18.9 Å². The molecule has 0 spiro atoms. The average Bonchev–Trinajstić information content (AvgIpc) is 2.58. The molecule has 0 fully saturated rings. The van der Waals surface area contributed by atoms with Crippen molar-refractivity contribution in [2.75, 3.05) is 16.3 Å². The Kier molecular flexibility index (Phi) is 6.47. The fraction of sp³-hybridized carbons (Fsp3) is 0.235. The number of alkyl halides is 4. The molecule has 24 heavy (non-hydrogen) atoms. The van der Waals surface area contributed by atoms with E-state index in [1.165, 1.54) is 6.07 Å². The number of esters is 1. The maximum absolute atomic E-state index is 12.7. The van der Waals surface area contributed by atoms with E-state index in [4.69, 9.17) is 4.74 Å². The van der Waals surface area contributed by atoms with Gasteiger partial charge >= 0.3 is 12.1 Å². The van der Waals surface area contributed by atoms with Crippen molar-refractivity contribution in [3.8, 4) is 0 Å². The van der Waals surface area contributed by atoms with E-state index in [0.717, 1.165) is 12.1 Å². The van der Waals surface area contributed by atoms with Crippen LogP contribution in [0.3, 0.4) is 0 Å². The van der Waals surface area contributed by atoms with Gasteiger partial charge in [-0.25, -0.2) is 4.79 Å². The van der Waals surface area contributed by atoms with Crippen LogP contribution in [0.1, 0.15) is 15.9 Å². The van der Waals surface area contributed by atoms with E-state index in [1.54, 1.807) is 36.4 Å². The molecule has 128 valence electrons. The van der Waals surface area contributed by atoms with Crippen LogP contribution in [-0.2, 0) is 10.9 Å². The van der Waals surface area contributed by atoms with Gasteiger partial charge in [-0.05, 0) is 30.3 Å². The SMILES string of the molecule is O=C(OC(CI)CNc1cccc(C(F)(F)F)c1)c1ccccc1. The summed E-state index contributed by atoms with van der Waals surface area (Å²) in [5.41, 5.74) is 0.0432.